The Hall–Kier alpha value is -0.860. The fourth-order valence-corrected chi connectivity index (χ4v) is 3.79. The van der Waals surface area contributed by atoms with E-state index in [1.54, 1.807) is 0 Å². The zero-order valence-corrected chi connectivity index (χ0v) is 16.7. The highest BCUT2D eigenvalue weighted by Gasteiger charge is 2.36. The van der Waals surface area contributed by atoms with Gasteiger partial charge in [-0.15, -0.1) is 0 Å². The van der Waals surface area contributed by atoms with Crippen LogP contribution in [0.15, 0.2) is 0 Å². The van der Waals surface area contributed by atoms with Crippen LogP contribution in [0.4, 0.5) is 0 Å². The van der Waals surface area contributed by atoms with Crippen molar-refractivity contribution in [1.29, 1.82) is 0 Å². The molecule has 3 nitrogen and oxygen atoms in total. The lowest BCUT2D eigenvalue weighted by atomic mass is 9.88. The molecule has 0 aliphatic carbocycles. The molecule has 0 bridgehead atoms. The molecular formula is C22H40O3. The van der Waals surface area contributed by atoms with E-state index in [0.717, 1.165) is 12.8 Å². The lowest BCUT2D eigenvalue weighted by Crippen LogP contribution is -2.16. The summed E-state index contributed by atoms with van der Waals surface area (Å²) in [5.74, 6) is -0.559. The van der Waals surface area contributed by atoms with Gasteiger partial charge in [0.2, 0.25) is 0 Å². The van der Waals surface area contributed by atoms with Crippen molar-refractivity contribution in [2.75, 3.05) is 0 Å². The van der Waals surface area contributed by atoms with Crippen LogP contribution in [0.25, 0.3) is 0 Å². The Kier molecular flexibility index (Phi) is 12.7. The van der Waals surface area contributed by atoms with Crippen molar-refractivity contribution in [3.63, 3.8) is 0 Å². The molecule has 0 aromatic carbocycles. The number of ether oxygens (including phenoxy) is 1. The highest BCUT2D eigenvalue weighted by Crippen LogP contribution is 2.28. The molecule has 0 radical (unpaired) electrons. The van der Waals surface area contributed by atoms with Gasteiger partial charge in [0.1, 0.15) is 0 Å². The van der Waals surface area contributed by atoms with Crippen molar-refractivity contribution in [2.45, 2.75) is 117 Å². The zero-order chi connectivity index (χ0) is 18.3. The summed E-state index contributed by atoms with van der Waals surface area (Å²) in [6, 6.07) is 0. The van der Waals surface area contributed by atoms with Crippen LogP contribution < -0.4 is 0 Å². The first-order valence-electron chi connectivity index (χ1n) is 10.9. The van der Waals surface area contributed by atoms with Gasteiger partial charge in [-0.3, -0.25) is 9.59 Å². The summed E-state index contributed by atoms with van der Waals surface area (Å²) < 4.78 is 4.64. The molecular weight excluding hydrogens is 312 g/mol. The summed E-state index contributed by atoms with van der Waals surface area (Å²) in [5.41, 5.74) is 0. The van der Waals surface area contributed by atoms with Crippen LogP contribution in [-0.2, 0) is 14.3 Å². The summed E-state index contributed by atoms with van der Waals surface area (Å²) in [6.07, 6.45) is 20.4. The van der Waals surface area contributed by atoms with Crippen LogP contribution in [0, 0.1) is 11.8 Å². The average molecular weight is 353 g/mol. The molecule has 1 heterocycles. The molecule has 1 aliphatic rings. The van der Waals surface area contributed by atoms with Crippen molar-refractivity contribution >= 4 is 11.9 Å². The molecule has 1 fully saturated rings. The van der Waals surface area contributed by atoms with Crippen molar-refractivity contribution in [1.82, 2.24) is 0 Å². The normalized spacial score (nSPS) is 18.6. The largest absolute Gasteiger partial charge is 0.393 e. The van der Waals surface area contributed by atoms with Gasteiger partial charge in [-0.25, -0.2) is 0 Å². The minimum atomic E-state index is -0.345. The second-order valence-electron chi connectivity index (χ2n) is 7.97. The lowest BCUT2D eigenvalue weighted by molar-refractivity contribution is -0.153. The van der Waals surface area contributed by atoms with Gasteiger partial charge in [0.15, 0.2) is 0 Å². The number of unbranched alkanes of at least 4 members (excludes halogenated alkanes) is 13. The van der Waals surface area contributed by atoms with Gasteiger partial charge in [0, 0.05) is 0 Å². The van der Waals surface area contributed by atoms with Crippen molar-refractivity contribution in [3.8, 4) is 0 Å². The minimum absolute atomic E-state index is 0.186. The summed E-state index contributed by atoms with van der Waals surface area (Å²) in [5, 5.41) is 0. The quantitative estimate of drug-likeness (QED) is 0.179. The predicted octanol–water partition coefficient (Wildman–Crippen LogP) is 6.58. The molecule has 2 atom stereocenters. The number of esters is 2. The molecule has 3 heteroatoms. The highest BCUT2D eigenvalue weighted by molar-refractivity contribution is 5.94. The first-order chi connectivity index (χ1) is 12.1. The van der Waals surface area contributed by atoms with Gasteiger partial charge in [0.25, 0.3) is 0 Å². The smallest absolute Gasteiger partial charge is 0.317 e. The maximum absolute atomic E-state index is 11.5. The minimum Gasteiger partial charge on any atom is -0.393 e. The SMILES string of the molecule is CCCCCCCCCCCCCCCCC(C)C1CC(=O)OC1=O. The first-order valence-corrected chi connectivity index (χ1v) is 10.9. The summed E-state index contributed by atoms with van der Waals surface area (Å²) in [7, 11) is 0. The standard InChI is InChI=1S/C22H40O3/c1-3-4-5-6-7-8-9-10-11-12-13-14-15-16-17-19(2)20-18-21(23)25-22(20)24/h19-20H,3-18H2,1-2H3. The Morgan fingerprint density at radius 1 is 0.800 bits per heavy atom. The zero-order valence-electron chi connectivity index (χ0n) is 16.7. The van der Waals surface area contributed by atoms with E-state index in [2.05, 4.69) is 18.6 Å². The van der Waals surface area contributed by atoms with E-state index in [1.165, 1.54) is 83.5 Å². The lowest BCUT2D eigenvalue weighted by Gasteiger charge is -2.14. The predicted molar refractivity (Wildman–Crippen MR) is 103 cm³/mol. The fourth-order valence-electron chi connectivity index (χ4n) is 3.79. The summed E-state index contributed by atoms with van der Waals surface area (Å²) in [6.45, 7) is 4.35. The van der Waals surface area contributed by atoms with Gasteiger partial charge >= 0.3 is 11.9 Å². The first kappa shape index (κ1) is 22.2. The van der Waals surface area contributed by atoms with Gasteiger partial charge < -0.3 is 4.74 Å². The van der Waals surface area contributed by atoms with Gasteiger partial charge in [-0.05, 0) is 12.3 Å². The molecule has 0 saturated carbocycles. The molecule has 1 aliphatic heterocycles. The Labute approximate surface area is 155 Å². The Morgan fingerprint density at radius 3 is 1.64 bits per heavy atom. The van der Waals surface area contributed by atoms with E-state index in [1.807, 2.05) is 0 Å². The molecule has 1 rings (SSSR count). The van der Waals surface area contributed by atoms with E-state index >= 15 is 0 Å². The van der Waals surface area contributed by atoms with Crippen molar-refractivity contribution < 1.29 is 14.3 Å². The third-order valence-electron chi connectivity index (χ3n) is 5.60. The van der Waals surface area contributed by atoms with Gasteiger partial charge in [0.05, 0.1) is 12.3 Å². The van der Waals surface area contributed by atoms with Crippen molar-refractivity contribution in [2.24, 2.45) is 11.8 Å². The molecule has 0 aromatic heterocycles. The molecule has 0 spiro atoms. The molecule has 0 amide bonds. The van der Waals surface area contributed by atoms with Gasteiger partial charge in [-0.2, -0.15) is 0 Å². The highest BCUT2D eigenvalue weighted by atomic mass is 16.6. The number of carbonyl (C=O) groups excluding carboxylic acids is 2. The van der Waals surface area contributed by atoms with E-state index in [0.29, 0.717) is 6.42 Å². The van der Waals surface area contributed by atoms with Crippen molar-refractivity contribution in [3.05, 3.63) is 0 Å². The summed E-state index contributed by atoms with van der Waals surface area (Å²) in [4.78, 5) is 22.7. The Bertz CT molecular complexity index is 364. The molecule has 25 heavy (non-hydrogen) atoms. The van der Waals surface area contributed by atoms with Crippen LogP contribution in [-0.4, -0.2) is 11.9 Å². The fraction of sp³-hybridized carbons (Fsp3) is 0.909. The monoisotopic (exact) mass is 352 g/mol. The molecule has 146 valence electrons. The summed E-state index contributed by atoms with van der Waals surface area (Å²) >= 11 is 0. The maximum atomic E-state index is 11.5. The number of hydrogen-bond acceptors (Lipinski definition) is 3. The van der Waals surface area contributed by atoms with Crippen LogP contribution >= 0.6 is 0 Å². The Balaban J connectivity index is 1.81. The number of cyclic esters (lactones) is 2. The van der Waals surface area contributed by atoms with E-state index in [9.17, 15) is 9.59 Å². The van der Waals surface area contributed by atoms with E-state index in [-0.39, 0.29) is 23.8 Å². The molecule has 0 N–H and O–H groups in total. The number of carbonyl (C=O) groups is 2. The van der Waals surface area contributed by atoms with E-state index < -0.39 is 0 Å². The maximum Gasteiger partial charge on any atom is 0.317 e. The van der Waals surface area contributed by atoms with Crippen LogP contribution in [0.2, 0.25) is 0 Å². The third kappa shape index (κ3) is 10.7. The van der Waals surface area contributed by atoms with Gasteiger partial charge in [-0.1, -0.05) is 104 Å². The molecule has 2 unspecified atom stereocenters. The Morgan fingerprint density at radius 2 is 1.24 bits per heavy atom. The topological polar surface area (TPSA) is 43.4 Å². The van der Waals surface area contributed by atoms with Crippen LogP contribution in [0.1, 0.15) is 117 Å². The number of hydrogen-bond donors (Lipinski definition) is 0. The number of rotatable bonds is 16. The van der Waals surface area contributed by atoms with Crippen LogP contribution in [0.5, 0.6) is 0 Å². The third-order valence-corrected chi connectivity index (χ3v) is 5.60. The molecule has 0 aromatic rings. The van der Waals surface area contributed by atoms with Crippen LogP contribution in [0.3, 0.4) is 0 Å². The second kappa shape index (κ2) is 14.3. The molecule has 1 saturated heterocycles. The van der Waals surface area contributed by atoms with E-state index in [4.69, 9.17) is 0 Å². The second-order valence-corrected chi connectivity index (χ2v) is 7.97. The average Bonchev–Trinajstić information content (AvgIpc) is 2.93.